The number of urea groups is 1. The molecule has 4 nitrogen and oxygen atoms in total. The van der Waals surface area contributed by atoms with Crippen molar-refractivity contribution in [3.05, 3.63) is 12.7 Å². The molecule has 0 radical (unpaired) electrons. The van der Waals surface area contributed by atoms with Crippen LogP contribution in [0.5, 0.6) is 0 Å². The summed E-state index contributed by atoms with van der Waals surface area (Å²) in [4.78, 5) is 11.1. The first-order valence-corrected chi connectivity index (χ1v) is 5.03. The largest absolute Gasteiger partial charge is 0.381 e. The van der Waals surface area contributed by atoms with E-state index in [0.717, 1.165) is 32.6 Å². The van der Waals surface area contributed by atoms with Crippen molar-refractivity contribution >= 4 is 6.03 Å². The van der Waals surface area contributed by atoms with Crippen molar-refractivity contribution in [2.45, 2.75) is 12.8 Å². The molecule has 2 amide bonds. The molecular formula is C10H18N2O2. The van der Waals surface area contributed by atoms with Crippen LogP contribution < -0.4 is 10.6 Å². The summed E-state index contributed by atoms with van der Waals surface area (Å²) in [5.41, 5.74) is 0. The van der Waals surface area contributed by atoms with E-state index in [4.69, 9.17) is 4.74 Å². The summed E-state index contributed by atoms with van der Waals surface area (Å²) in [5.74, 6) is 0.568. The standard InChI is InChI=1S/C10H18N2O2/c1-2-5-11-10(13)12-8-9-3-6-14-7-4-9/h2,9H,1,3-8H2,(H2,11,12,13). The van der Waals surface area contributed by atoms with Crippen molar-refractivity contribution in [1.29, 1.82) is 0 Å². The van der Waals surface area contributed by atoms with Crippen LogP contribution in [0.2, 0.25) is 0 Å². The van der Waals surface area contributed by atoms with E-state index in [1.54, 1.807) is 6.08 Å². The Balaban J connectivity index is 2.06. The second-order valence-electron chi connectivity index (χ2n) is 3.44. The summed E-state index contributed by atoms with van der Waals surface area (Å²) in [6.07, 6.45) is 3.75. The maximum Gasteiger partial charge on any atom is 0.315 e. The van der Waals surface area contributed by atoms with Crippen LogP contribution in [-0.2, 0) is 4.74 Å². The zero-order chi connectivity index (χ0) is 10.2. The van der Waals surface area contributed by atoms with Gasteiger partial charge in [0.15, 0.2) is 0 Å². The molecule has 80 valence electrons. The van der Waals surface area contributed by atoms with Gasteiger partial charge >= 0.3 is 6.03 Å². The molecule has 1 saturated heterocycles. The first-order valence-electron chi connectivity index (χ1n) is 5.03. The van der Waals surface area contributed by atoms with Crippen LogP contribution in [-0.4, -0.2) is 32.3 Å². The Morgan fingerprint density at radius 2 is 2.14 bits per heavy atom. The fourth-order valence-corrected chi connectivity index (χ4v) is 1.41. The molecule has 14 heavy (non-hydrogen) atoms. The predicted molar refractivity (Wildman–Crippen MR) is 55.1 cm³/mol. The number of amides is 2. The molecule has 0 atom stereocenters. The van der Waals surface area contributed by atoms with Gasteiger partial charge in [-0.25, -0.2) is 4.79 Å². The van der Waals surface area contributed by atoms with Gasteiger partial charge in [0.1, 0.15) is 0 Å². The van der Waals surface area contributed by atoms with Crippen LogP contribution in [0.1, 0.15) is 12.8 Å². The van der Waals surface area contributed by atoms with Crippen molar-refractivity contribution in [3.63, 3.8) is 0 Å². The third-order valence-corrected chi connectivity index (χ3v) is 2.30. The van der Waals surface area contributed by atoms with Crippen LogP contribution in [0.25, 0.3) is 0 Å². The molecule has 0 spiro atoms. The predicted octanol–water partition coefficient (Wildman–Crippen LogP) is 0.898. The number of carbonyl (C=O) groups excluding carboxylic acids is 1. The zero-order valence-electron chi connectivity index (χ0n) is 8.42. The maximum atomic E-state index is 11.1. The number of ether oxygens (including phenoxy) is 1. The summed E-state index contributed by atoms with van der Waals surface area (Å²) >= 11 is 0. The smallest absolute Gasteiger partial charge is 0.315 e. The van der Waals surface area contributed by atoms with Gasteiger partial charge in [0.25, 0.3) is 0 Å². The molecule has 0 aliphatic carbocycles. The lowest BCUT2D eigenvalue weighted by atomic mass is 10.0. The van der Waals surface area contributed by atoms with E-state index >= 15 is 0 Å². The third-order valence-electron chi connectivity index (χ3n) is 2.30. The highest BCUT2D eigenvalue weighted by Crippen LogP contribution is 2.12. The van der Waals surface area contributed by atoms with E-state index in [9.17, 15) is 4.79 Å². The first kappa shape index (κ1) is 11.0. The van der Waals surface area contributed by atoms with Crippen molar-refractivity contribution in [2.24, 2.45) is 5.92 Å². The topological polar surface area (TPSA) is 50.4 Å². The quantitative estimate of drug-likeness (QED) is 0.659. The lowest BCUT2D eigenvalue weighted by molar-refractivity contribution is 0.0669. The van der Waals surface area contributed by atoms with Gasteiger partial charge in [0.2, 0.25) is 0 Å². The van der Waals surface area contributed by atoms with Crippen molar-refractivity contribution in [1.82, 2.24) is 10.6 Å². The number of nitrogens with one attached hydrogen (secondary N) is 2. The number of carbonyl (C=O) groups is 1. The first-order chi connectivity index (χ1) is 6.83. The normalized spacial score (nSPS) is 17.4. The Hall–Kier alpha value is -1.03. The minimum atomic E-state index is -0.114. The Morgan fingerprint density at radius 1 is 1.43 bits per heavy atom. The SMILES string of the molecule is C=CCNC(=O)NCC1CCOCC1. The molecule has 1 aliphatic heterocycles. The number of hydrogen-bond donors (Lipinski definition) is 2. The van der Waals surface area contributed by atoms with Gasteiger partial charge in [-0.3, -0.25) is 0 Å². The van der Waals surface area contributed by atoms with E-state index < -0.39 is 0 Å². The Morgan fingerprint density at radius 3 is 2.79 bits per heavy atom. The van der Waals surface area contributed by atoms with Gasteiger partial charge < -0.3 is 15.4 Å². The molecule has 1 fully saturated rings. The van der Waals surface area contributed by atoms with E-state index in [1.807, 2.05) is 0 Å². The highest BCUT2D eigenvalue weighted by molar-refractivity contribution is 5.73. The second kappa shape index (κ2) is 6.43. The number of rotatable bonds is 4. The van der Waals surface area contributed by atoms with Gasteiger partial charge in [-0.2, -0.15) is 0 Å². The lowest BCUT2D eigenvalue weighted by Gasteiger charge is -2.22. The van der Waals surface area contributed by atoms with E-state index in [0.29, 0.717) is 12.5 Å². The fraction of sp³-hybridized carbons (Fsp3) is 0.700. The number of hydrogen-bond acceptors (Lipinski definition) is 2. The molecule has 0 aromatic carbocycles. The van der Waals surface area contributed by atoms with Crippen molar-refractivity contribution in [3.8, 4) is 0 Å². The molecule has 0 unspecified atom stereocenters. The monoisotopic (exact) mass is 198 g/mol. The van der Waals surface area contributed by atoms with Crippen LogP contribution in [0.3, 0.4) is 0 Å². The summed E-state index contributed by atoms with van der Waals surface area (Å²) in [7, 11) is 0. The third kappa shape index (κ3) is 4.28. The second-order valence-corrected chi connectivity index (χ2v) is 3.44. The summed E-state index contributed by atoms with van der Waals surface area (Å²) < 4.78 is 5.23. The molecule has 0 aromatic heterocycles. The molecule has 4 heteroatoms. The summed E-state index contributed by atoms with van der Waals surface area (Å²) in [6.45, 7) is 6.42. The molecule has 0 bridgehead atoms. The molecule has 1 rings (SSSR count). The van der Waals surface area contributed by atoms with Crippen LogP contribution in [0.4, 0.5) is 4.79 Å². The minimum absolute atomic E-state index is 0.114. The van der Waals surface area contributed by atoms with E-state index in [1.165, 1.54) is 0 Å². The van der Waals surface area contributed by atoms with Gasteiger partial charge in [0, 0.05) is 26.3 Å². The van der Waals surface area contributed by atoms with E-state index in [-0.39, 0.29) is 6.03 Å². The average molecular weight is 198 g/mol. The Labute approximate surface area is 84.7 Å². The minimum Gasteiger partial charge on any atom is -0.381 e. The lowest BCUT2D eigenvalue weighted by Crippen LogP contribution is -2.39. The molecule has 1 aliphatic rings. The molecule has 1 heterocycles. The van der Waals surface area contributed by atoms with Crippen molar-refractivity contribution in [2.75, 3.05) is 26.3 Å². The van der Waals surface area contributed by atoms with Crippen LogP contribution in [0, 0.1) is 5.92 Å². The molecule has 0 saturated carbocycles. The summed E-state index contributed by atoms with van der Waals surface area (Å²) in [5, 5.41) is 5.51. The Bertz CT molecular complexity index is 189. The van der Waals surface area contributed by atoms with Crippen molar-refractivity contribution < 1.29 is 9.53 Å². The molecule has 2 N–H and O–H groups in total. The maximum absolute atomic E-state index is 11.1. The van der Waals surface area contributed by atoms with Crippen LogP contribution >= 0.6 is 0 Å². The van der Waals surface area contributed by atoms with Gasteiger partial charge in [-0.1, -0.05) is 6.08 Å². The van der Waals surface area contributed by atoms with E-state index in [2.05, 4.69) is 17.2 Å². The summed E-state index contributed by atoms with van der Waals surface area (Å²) in [6, 6.07) is -0.114. The molecule has 0 aromatic rings. The van der Waals surface area contributed by atoms with Gasteiger partial charge in [-0.15, -0.1) is 6.58 Å². The fourth-order valence-electron chi connectivity index (χ4n) is 1.41. The van der Waals surface area contributed by atoms with Crippen LogP contribution in [0.15, 0.2) is 12.7 Å². The Kier molecular flexibility index (Phi) is 5.07. The molecular weight excluding hydrogens is 180 g/mol. The zero-order valence-corrected chi connectivity index (χ0v) is 8.42. The highest BCUT2D eigenvalue weighted by atomic mass is 16.5. The van der Waals surface area contributed by atoms with Gasteiger partial charge in [-0.05, 0) is 18.8 Å². The highest BCUT2D eigenvalue weighted by Gasteiger charge is 2.13. The average Bonchev–Trinajstić information content (AvgIpc) is 2.25. The van der Waals surface area contributed by atoms with Gasteiger partial charge in [0.05, 0.1) is 0 Å².